The molecule has 1 aliphatic carbocycles. The number of ether oxygens (including phenoxy) is 1. The molecule has 6 heteroatoms. The van der Waals surface area contributed by atoms with Crippen molar-refractivity contribution in [3.05, 3.63) is 65.5 Å². The first-order valence-electron chi connectivity index (χ1n) is 12.0. The van der Waals surface area contributed by atoms with Gasteiger partial charge in [-0.2, -0.15) is 8.78 Å². The van der Waals surface area contributed by atoms with E-state index < -0.39 is 29.8 Å². The maximum Gasteiger partial charge on any atom is 0.387 e. The van der Waals surface area contributed by atoms with Gasteiger partial charge in [0, 0.05) is 10.9 Å². The van der Waals surface area contributed by atoms with Crippen LogP contribution in [0.2, 0.25) is 0 Å². The van der Waals surface area contributed by atoms with Crippen molar-refractivity contribution in [2.75, 3.05) is 0 Å². The molecule has 0 atom stereocenters. The van der Waals surface area contributed by atoms with Crippen LogP contribution < -0.4 is 4.74 Å². The molecule has 34 heavy (non-hydrogen) atoms. The second-order valence-corrected chi connectivity index (χ2v) is 9.27. The van der Waals surface area contributed by atoms with E-state index in [4.69, 9.17) is 0 Å². The molecule has 1 fully saturated rings. The molecule has 0 spiro atoms. The van der Waals surface area contributed by atoms with E-state index in [-0.39, 0.29) is 11.1 Å². The summed E-state index contributed by atoms with van der Waals surface area (Å²) >= 11 is 0. The van der Waals surface area contributed by atoms with E-state index in [2.05, 4.69) is 11.7 Å². The molecule has 0 unspecified atom stereocenters. The fraction of sp³-hybridized carbons (Fsp3) is 0.429. The summed E-state index contributed by atoms with van der Waals surface area (Å²) in [5, 5.41) is 1.07. The van der Waals surface area contributed by atoms with Gasteiger partial charge in [0.25, 0.3) is 0 Å². The van der Waals surface area contributed by atoms with Crippen molar-refractivity contribution in [2.45, 2.75) is 70.8 Å². The molecule has 182 valence electrons. The zero-order chi connectivity index (χ0) is 24.2. The maximum absolute atomic E-state index is 15.3. The molecule has 0 saturated heterocycles. The van der Waals surface area contributed by atoms with Crippen LogP contribution in [-0.2, 0) is 0 Å². The van der Waals surface area contributed by atoms with Gasteiger partial charge >= 0.3 is 6.61 Å². The summed E-state index contributed by atoms with van der Waals surface area (Å²) in [6, 6.07) is 10.5. The Hall–Kier alpha value is -2.63. The molecule has 0 amide bonds. The Labute approximate surface area is 196 Å². The molecule has 0 radical (unpaired) electrons. The van der Waals surface area contributed by atoms with Crippen molar-refractivity contribution in [3.63, 3.8) is 0 Å². The molecule has 4 rings (SSSR count). The van der Waals surface area contributed by atoms with Crippen LogP contribution >= 0.6 is 0 Å². The number of unbranched alkanes of at least 4 members (excludes halogenated alkanes) is 2. The highest BCUT2D eigenvalue weighted by atomic mass is 19.3. The van der Waals surface area contributed by atoms with Gasteiger partial charge < -0.3 is 4.74 Å². The minimum Gasteiger partial charge on any atom is -0.429 e. The van der Waals surface area contributed by atoms with E-state index in [1.165, 1.54) is 50.2 Å². The third kappa shape index (κ3) is 5.37. The van der Waals surface area contributed by atoms with Crippen LogP contribution in [0.15, 0.2) is 42.5 Å². The lowest BCUT2D eigenvalue weighted by atomic mass is 9.76. The van der Waals surface area contributed by atoms with Crippen molar-refractivity contribution in [1.29, 1.82) is 0 Å². The fourth-order valence-electron chi connectivity index (χ4n) is 5.17. The van der Waals surface area contributed by atoms with Crippen molar-refractivity contribution >= 4 is 10.8 Å². The normalized spacial score (nSPS) is 18.6. The van der Waals surface area contributed by atoms with Gasteiger partial charge in [-0.1, -0.05) is 62.9 Å². The summed E-state index contributed by atoms with van der Waals surface area (Å²) in [6.45, 7) is -1.14. The Bertz CT molecular complexity index is 1110. The molecule has 1 saturated carbocycles. The standard InChI is InChI=1S/C28H29F5O/c1-2-3-4-5-17-6-8-18(9-7-17)19-10-12-22-20(14-19)11-13-23(26(22)31)21-15-24(29)27(25(30)16-21)34-28(32)33/h10-18,28H,2-9H2,1H3/t17-,18-. The lowest BCUT2D eigenvalue weighted by Crippen LogP contribution is -2.13. The third-order valence-electron chi connectivity index (χ3n) is 7.03. The summed E-state index contributed by atoms with van der Waals surface area (Å²) in [6.07, 6.45) is 9.87. The Morgan fingerprint density at radius 3 is 2.24 bits per heavy atom. The molecule has 3 aromatic rings. The average Bonchev–Trinajstić information content (AvgIpc) is 2.82. The number of halogens is 5. The SMILES string of the molecule is CCCCC[C@H]1CC[C@H](c2ccc3c(F)c(-c4cc(F)c(OC(F)F)c(F)c4)ccc3c2)CC1. The van der Waals surface area contributed by atoms with Crippen molar-refractivity contribution in [1.82, 2.24) is 0 Å². The first-order chi connectivity index (χ1) is 16.4. The minimum atomic E-state index is -3.36. The topological polar surface area (TPSA) is 9.23 Å². The van der Waals surface area contributed by atoms with E-state index in [1.54, 1.807) is 12.1 Å². The van der Waals surface area contributed by atoms with Crippen LogP contribution in [0, 0.1) is 23.4 Å². The van der Waals surface area contributed by atoms with Crippen LogP contribution in [-0.4, -0.2) is 6.61 Å². The van der Waals surface area contributed by atoms with E-state index in [0.29, 0.717) is 11.3 Å². The molecule has 1 aliphatic rings. The van der Waals surface area contributed by atoms with Gasteiger partial charge in [0.2, 0.25) is 0 Å². The minimum absolute atomic E-state index is 0.00534. The highest BCUT2D eigenvalue weighted by Gasteiger charge is 2.23. The first-order valence-corrected chi connectivity index (χ1v) is 12.0. The highest BCUT2D eigenvalue weighted by molar-refractivity contribution is 5.89. The molecule has 0 N–H and O–H groups in total. The van der Waals surface area contributed by atoms with Crippen LogP contribution in [0.3, 0.4) is 0 Å². The Balaban J connectivity index is 1.54. The summed E-state index contributed by atoms with van der Waals surface area (Å²) in [5.74, 6) is -3.14. The molecule has 0 aliphatic heterocycles. The number of hydrogen-bond donors (Lipinski definition) is 0. The smallest absolute Gasteiger partial charge is 0.387 e. The van der Waals surface area contributed by atoms with E-state index in [1.807, 2.05) is 12.1 Å². The summed E-state index contributed by atoms with van der Waals surface area (Å²) in [5.41, 5.74) is 1.10. The number of alkyl halides is 2. The zero-order valence-corrected chi connectivity index (χ0v) is 19.2. The second-order valence-electron chi connectivity index (χ2n) is 9.27. The number of hydrogen-bond acceptors (Lipinski definition) is 1. The Morgan fingerprint density at radius 2 is 1.59 bits per heavy atom. The molecule has 3 aromatic carbocycles. The van der Waals surface area contributed by atoms with Gasteiger partial charge in [0.15, 0.2) is 17.4 Å². The molecule has 1 nitrogen and oxygen atoms in total. The summed E-state index contributed by atoms with van der Waals surface area (Å²) in [4.78, 5) is 0. The lowest BCUT2D eigenvalue weighted by molar-refractivity contribution is -0.0546. The van der Waals surface area contributed by atoms with Gasteiger partial charge in [-0.3, -0.25) is 0 Å². The van der Waals surface area contributed by atoms with E-state index >= 15 is 4.39 Å². The van der Waals surface area contributed by atoms with E-state index in [9.17, 15) is 17.6 Å². The molecular weight excluding hydrogens is 447 g/mol. The predicted molar refractivity (Wildman–Crippen MR) is 125 cm³/mol. The van der Waals surface area contributed by atoms with E-state index in [0.717, 1.165) is 36.3 Å². The monoisotopic (exact) mass is 476 g/mol. The largest absolute Gasteiger partial charge is 0.429 e. The van der Waals surface area contributed by atoms with Gasteiger partial charge in [-0.25, -0.2) is 13.2 Å². The zero-order valence-electron chi connectivity index (χ0n) is 19.2. The first kappa shape index (κ1) is 24.5. The molecule has 0 heterocycles. The Kier molecular flexibility index (Phi) is 7.74. The molecule has 0 aromatic heterocycles. The fourth-order valence-corrected chi connectivity index (χ4v) is 5.17. The highest BCUT2D eigenvalue weighted by Crippen LogP contribution is 2.40. The van der Waals surface area contributed by atoms with Crippen LogP contribution in [0.4, 0.5) is 22.0 Å². The maximum atomic E-state index is 15.3. The van der Waals surface area contributed by atoms with Gasteiger partial charge in [0.05, 0.1) is 0 Å². The molecular formula is C28H29F5O. The van der Waals surface area contributed by atoms with Crippen LogP contribution in [0.5, 0.6) is 5.75 Å². The lowest BCUT2D eigenvalue weighted by Gasteiger charge is -2.29. The molecule has 0 bridgehead atoms. The van der Waals surface area contributed by atoms with Crippen molar-refractivity contribution in [2.24, 2.45) is 5.92 Å². The number of fused-ring (bicyclic) bond motifs is 1. The second kappa shape index (κ2) is 10.7. The number of benzene rings is 3. The summed E-state index contributed by atoms with van der Waals surface area (Å²) < 4.78 is 72.3. The quantitative estimate of drug-likeness (QED) is 0.232. The van der Waals surface area contributed by atoms with Gasteiger partial charge in [-0.15, -0.1) is 0 Å². The van der Waals surface area contributed by atoms with Crippen LogP contribution in [0.25, 0.3) is 21.9 Å². The third-order valence-corrected chi connectivity index (χ3v) is 7.03. The van der Waals surface area contributed by atoms with Crippen molar-refractivity contribution in [3.8, 4) is 16.9 Å². The Morgan fingerprint density at radius 1 is 0.882 bits per heavy atom. The van der Waals surface area contributed by atoms with Gasteiger partial charge in [-0.05, 0) is 66.2 Å². The average molecular weight is 477 g/mol. The summed E-state index contributed by atoms with van der Waals surface area (Å²) in [7, 11) is 0. The number of rotatable bonds is 8. The predicted octanol–water partition coefficient (Wildman–Crippen LogP) is 9.38. The van der Waals surface area contributed by atoms with Crippen LogP contribution in [0.1, 0.15) is 69.8 Å². The van der Waals surface area contributed by atoms with Gasteiger partial charge in [0.1, 0.15) is 5.82 Å². The van der Waals surface area contributed by atoms with Crippen molar-refractivity contribution < 1.29 is 26.7 Å².